The summed E-state index contributed by atoms with van der Waals surface area (Å²) in [6.45, 7) is -2.08. The predicted octanol–water partition coefficient (Wildman–Crippen LogP) is 4.07. The molecule has 1 amide bonds. The van der Waals surface area contributed by atoms with Crippen LogP contribution in [-0.4, -0.2) is 50.6 Å². The van der Waals surface area contributed by atoms with Crippen molar-refractivity contribution in [2.24, 2.45) is 10.7 Å². The number of carbonyl (C=O) groups excluding carboxylic acids is 1. The van der Waals surface area contributed by atoms with Crippen LogP contribution in [0.3, 0.4) is 0 Å². The van der Waals surface area contributed by atoms with Gasteiger partial charge in [-0.2, -0.15) is 8.78 Å². The van der Waals surface area contributed by atoms with E-state index in [4.69, 9.17) is 16.2 Å². The fraction of sp³-hybridized carbons (Fsp3) is 0.259. The Labute approximate surface area is 220 Å². The first-order chi connectivity index (χ1) is 18.8. The lowest BCUT2D eigenvalue weighted by atomic mass is 9.86. The number of aromatic nitrogens is 3. The average molecular weight is 536 g/mol. The number of nitrogen functional groups attached to an aromatic ring is 1. The number of halogens is 3. The van der Waals surface area contributed by atoms with Crippen LogP contribution >= 0.6 is 0 Å². The average Bonchev–Trinajstić information content (AvgIpc) is 3.42. The molecule has 0 saturated carbocycles. The lowest BCUT2D eigenvalue weighted by molar-refractivity contribution is -0.0571. The van der Waals surface area contributed by atoms with Gasteiger partial charge >= 0.3 is 6.55 Å². The Kier molecular flexibility index (Phi) is 6.18. The maximum Gasteiger partial charge on any atom is 0.331 e. The highest BCUT2D eigenvalue weighted by Crippen LogP contribution is 2.41. The van der Waals surface area contributed by atoms with Crippen LogP contribution < -0.4 is 11.5 Å². The normalized spacial score (nSPS) is 19.7. The third kappa shape index (κ3) is 4.36. The van der Waals surface area contributed by atoms with E-state index in [2.05, 4.69) is 15.0 Å². The van der Waals surface area contributed by atoms with Crippen LogP contribution in [0.4, 0.5) is 19.0 Å². The molecule has 9 nitrogen and oxygen atoms in total. The lowest BCUT2D eigenvalue weighted by Gasteiger charge is -2.44. The number of nitrogens with two attached hydrogens (primary N) is 2. The summed E-state index contributed by atoms with van der Waals surface area (Å²) in [4.78, 5) is 26.9. The Balaban J connectivity index is 1.37. The van der Waals surface area contributed by atoms with Crippen LogP contribution in [0.5, 0.6) is 0 Å². The first kappa shape index (κ1) is 24.9. The van der Waals surface area contributed by atoms with Crippen molar-refractivity contribution in [3.63, 3.8) is 0 Å². The molecule has 4 heterocycles. The second-order valence-electron chi connectivity index (χ2n) is 9.51. The van der Waals surface area contributed by atoms with Gasteiger partial charge < -0.3 is 21.1 Å². The summed E-state index contributed by atoms with van der Waals surface area (Å²) >= 11 is 0. The standard InChI is InChI=1S/C27H24F3N7O2/c28-18-10-20-21(37-13-33-11-22(37)25(32)35-20)9-17(18)26(38)36-7-1-2-23-24(36)16-4-3-14(8-15(16)12-39-23)19(31)5-6-34-27(29)30/h3-6,8-11,13,23-24,27H,1-2,7,12,31H2,(H2,32,35)/b19-5-,34-6+/t23-,24-/m0/s1. The van der Waals surface area contributed by atoms with Crippen molar-refractivity contribution in [3.8, 4) is 0 Å². The van der Waals surface area contributed by atoms with Gasteiger partial charge in [0.15, 0.2) is 0 Å². The Hall–Kier alpha value is -4.45. The zero-order valence-corrected chi connectivity index (χ0v) is 20.6. The number of alkyl halides is 2. The van der Waals surface area contributed by atoms with Crippen molar-refractivity contribution in [3.05, 3.63) is 77.0 Å². The third-order valence-corrected chi connectivity index (χ3v) is 7.23. The number of carbonyl (C=O) groups is 1. The van der Waals surface area contributed by atoms with Gasteiger partial charge in [0.25, 0.3) is 5.91 Å². The fourth-order valence-corrected chi connectivity index (χ4v) is 5.43. The van der Waals surface area contributed by atoms with Crippen LogP contribution in [0, 0.1) is 5.82 Å². The zero-order chi connectivity index (χ0) is 27.3. The minimum absolute atomic E-state index is 0.0843. The summed E-state index contributed by atoms with van der Waals surface area (Å²) in [6.07, 6.45) is 6.57. The Morgan fingerprint density at radius 3 is 2.90 bits per heavy atom. The molecule has 4 N–H and O–H groups in total. The number of hydrogen-bond acceptors (Lipinski definition) is 7. The van der Waals surface area contributed by atoms with Gasteiger partial charge in [-0.15, -0.1) is 0 Å². The van der Waals surface area contributed by atoms with Crippen molar-refractivity contribution in [1.82, 2.24) is 19.3 Å². The molecule has 2 atom stereocenters. The van der Waals surface area contributed by atoms with E-state index in [0.29, 0.717) is 41.7 Å². The molecular formula is C27H24F3N7O2. The third-order valence-electron chi connectivity index (χ3n) is 7.23. The van der Waals surface area contributed by atoms with Crippen LogP contribution in [0.25, 0.3) is 22.2 Å². The van der Waals surface area contributed by atoms with E-state index >= 15 is 4.39 Å². The van der Waals surface area contributed by atoms with E-state index in [0.717, 1.165) is 23.8 Å². The first-order valence-electron chi connectivity index (χ1n) is 12.4. The first-order valence-corrected chi connectivity index (χ1v) is 12.4. The molecular weight excluding hydrogens is 511 g/mol. The molecule has 1 saturated heterocycles. The molecule has 12 heteroatoms. The number of allylic oxidation sites excluding steroid dienone is 1. The highest BCUT2D eigenvalue weighted by molar-refractivity contribution is 5.99. The second kappa shape index (κ2) is 9.70. The molecule has 0 aliphatic carbocycles. The largest absolute Gasteiger partial charge is 0.398 e. The Morgan fingerprint density at radius 1 is 1.23 bits per heavy atom. The van der Waals surface area contributed by atoms with E-state index in [9.17, 15) is 13.6 Å². The molecule has 39 heavy (non-hydrogen) atoms. The molecule has 2 aliphatic rings. The number of rotatable bonds is 4. The van der Waals surface area contributed by atoms with E-state index in [1.165, 1.54) is 18.2 Å². The Bertz CT molecular complexity index is 1670. The van der Waals surface area contributed by atoms with Crippen molar-refractivity contribution in [2.75, 3.05) is 12.3 Å². The van der Waals surface area contributed by atoms with E-state index < -0.39 is 24.3 Å². The van der Waals surface area contributed by atoms with Crippen LogP contribution in [-0.2, 0) is 11.3 Å². The SMILES string of the molecule is N/C(=C\C=N\C(F)F)c1ccc2c(c1)CO[C@H]1CCCN(C(=O)c3cc4c(cc3F)nc(N)c3cncn34)[C@@H]21. The summed E-state index contributed by atoms with van der Waals surface area (Å²) in [6, 6.07) is 7.71. The number of amides is 1. The zero-order valence-electron chi connectivity index (χ0n) is 20.6. The predicted molar refractivity (Wildman–Crippen MR) is 140 cm³/mol. The van der Waals surface area contributed by atoms with Gasteiger partial charge in [-0.05, 0) is 47.7 Å². The summed E-state index contributed by atoms with van der Waals surface area (Å²) < 4.78 is 47.8. The number of imidazole rings is 1. The smallest absolute Gasteiger partial charge is 0.331 e. The number of anilines is 1. The number of fused-ring (bicyclic) bond motifs is 6. The molecule has 0 unspecified atom stereocenters. The quantitative estimate of drug-likeness (QED) is 0.300. The van der Waals surface area contributed by atoms with Gasteiger partial charge in [-0.25, -0.2) is 19.4 Å². The van der Waals surface area contributed by atoms with Gasteiger partial charge in [0, 0.05) is 24.5 Å². The van der Waals surface area contributed by atoms with Crippen molar-refractivity contribution >= 4 is 40.2 Å². The van der Waals surface area contributed by atoms with E-state index in [-0.39, 0.29) is 23.2 Å². The number of likely N-dealkylation sites (tertiary alicyclic amines) is 1. The lowest BCUT2D eigenvalue weighted by Crippen LogP contribution is -2.48. The number of ether oxygens (including phenoxy) is 1. The maximum atomic E-state index is 15.3. The number of aliphatic imine (C=N–C) groups is 1. The molecule has 2 aromatic carbocycles. The number of nitrogens with zero attached hydrogens (tertiary/aromatic N) is 5. The molecule has 4 aromatic rings. The topological polar surface area (TPSA) is 124 Å². The number of piperidine rings is 1. The highest BCUT2D eigenvalue weighted by atomic mass is 19.3. The summed E-state index contributed by atoms with van der Waals surface area (Å²) in [5.74, 6) is -0.946. The summed E-state index contributed by atoms with van der Waals surface area (Å²) in [5, 5.41) is 0. The molecule has 6 rings (SSSR count). The molecule has 2 aromatic heterocycles. The van der Waals surface area contributed by atoms with Gasteiger partial charge in [0.05, 0.1) is 47.9 Å². The number of hydrogen-bond donors (Lipinski definition) is 2. The molecule has 0 radical (unpaired) electrons. The molecule has 0 bridgehead atoms. The maximum absolute atomic E-state index is 15.3. The molecule has 200 valence electrons. The van der Waals surface area contributed by atoms with Crippen LogP contribution in [0.2, 0.25) is 0 Å². The van der Waals surface area contributed by atoms with Gasteiger partial charge in [-0.3, -0.25) is 9.20 Å². The fourth-order valence-electron chi connectivity index (χ4n) is 5.43. The molecule has 1 fully saturated rings. The van der Waals surface area contributed by atoms with Crippen LogP contribution in [0.1, 0.15) is 45.9 Å². The monoisotopic (exact) mass is 535 g/mol. The molecule has 0 spiro atoms. The second-order valence-corrected chi connectivity index (χ2v) is 9.51. The van der Waals surface area contributed by atoms with Crippen molar-refractivity contribution in [1.29, 1.82) is 0 Å². The summed E-state index contributed by atoms with van der Waals surface area (Å²) in [7, 11) is 0. The van der Waals surface area contributed by atoms with E-state index in [1.54, 1.807) is 27.9 Å². The van der Waals surface area contributed by atoms with E-state index in [1.807, 2.05) is 12.1 Å². The summed E-state index contributed by atoms with van der Waals surface area (Å²) in [5.41, 5.74) is 15.9. The highest BCUT2D eigenvalue weighted by Gasteiger charge is 2.40. The van der Waals surface area contributed by atoms with Gasteiger partial charge in [0.1, 0.15) is 17.2 Å². The van der Waals surface area contributed by atoms with Gasteiger partial charge in [-0.1, -0.05) is 12.1 Å². The van der Waals surface area contributed by atoms with Gasteiger partial charge in [0.2, 0.25) is 0 Å². The van der Waals surface area contributed by atoms with Crippen molar-refractivity contribution in [2.45, 2.75) is 38.1 Å². The Morgan fingerprint density at radius 2 is 2.08 bits per heavy atom. The number of benzene rings is 2. The van der Waals surface area contributed by atoms with Crippen molar-refractivity contribution < 1.29 is 22.7 Å². The molecule has 2 aliphatic heterocycles. The minimum atomic E-state index is -2.81. The van der Waals surface area contributed by atoms with Crippen LogP contribution in [0.15, 0.2) is 53.9 Å². The minimum Gasteiger partial charge on any atom is -0.398 e.